The Balaban J connectivity index is 1.15. The number of carbonyl (C=O) groups excluding carboxylic acids is 1. The molecule has 1 aliphatic heterocycles. The van der Waals surface area contributed by atoms with E-state index in [1.54, 1.807) is 24.3 Å². The Hall–Kier alpha value is -3.22. The lowest BCUT2D eigenvalue weighted by Crippen LogP contribution is -2.46. The number of carbonyl (C=O) groups is 1. The Labute approximate surface area is 237 Å². The maximum absolute atomic E-state index is 12.5. The van der Waals surface area contributed by atoms with Crippen molar-refractivity contribution in [3.63, 3.8) is 0 Å². The predicted molar refractivity (Wildman–Crippen MR) is 157 cm³/mol. The summed E-state index contributed by atoms with van der Waals surface area (Å²) in [7, 11) is 0. The molecule has 194 valence electrons. The Morgan fingerprint density at radius 1 is 0.842 bits per heavy atom. The van der Waals surface area contributed by atoms with Crippen molar-refractivity contribution in [2.24, 2.45) is 0 Å². The van der Waals surface area contributed by atoms with Gasteiger partial charge in [0.1, 0.15) is 11.5 Å². The molecule has 1 aliphatic rings. The highest BCUT2D eigenvalue weighted by atomic mass is 35.5. The zero-order valence-electron chi connectivity index (χ0n) is 20.5. The number of nitrogens with zero attached hydrogens (tertiary/aromatic N) is 2. The predicted octanol–water partition coefficient (Wildman–Crippen LogP) is 7.88. The maximum atomic E-state index is 12.5. The first-order valence-electron chi connectivity index (χ1n) is 12.3. The number of piperazine rings is 1. The highest BCUT2D eigenvalue weighted by molar-refractivity contribution is 6.34. The van der Waals surface area contributed by atoms with E-state index in [-0.39, 0.29) is 5.91 Å². The third-order valence-electron chi connectivity index (χ3n) is 6.45. The van der Waals surface area contributed by atoms with E-state index in [1.807, 2.05) is 54.6 Å². The minimum absolute atomic E-state index is 0.280. The normalized spacial score (nSPS) is 14.2. The molecule has 5 rings (SSSR count). The molecule has 1 amide bonds. The van der Waals surface area contributed by atoms with Crippen LogP contribution in [-0.2, 0) is 11.3 Å². The second-order valence-corrected chi connectivity index (χ2v) is 10.2. The monoisotopic (exact) mass is 565 g/mol. The van der Waals surface area contributed by atoms with Crippen LogP contribution in [-0.4, -0.2) is 37.0 Å². The molecule has 2 heterocycles. The van der Waals surface area contributed by atoms with Crippen LogP contribution in [0.4, 0.5) is 11.4 Å². The summed E-state index contributed by atoms with van der Waals surface area (Å²) in [5.41, 5.74) is 3.53. The lowest BCUT2D eigenvalue weighted by atomic mass is 10.2. The zero-order valence-corrected chi connectivity index (χ0v) is 22.8. The maximum Gasteiger partial charge on any atom is 0.248 e. The number of hydrogen-bond acceptors (Lipinski definition) is 4. The van der Waals surface area contributed by atoms with Gasteiger partial charge in [-0.1, -0.05) is 65.1 Å². The van der Waals surface area contributed by atoms with Gasteiger partial charge in [0.2, 0.25) is 5.91 Å². The van der Waals surface area contributed by atoms with Gasteiger partial charge in [-0.25, -0.2) is 0 Å². The van der Waals surface area contributed by atoms with Crippen LogP contribution < -0.4 is 10.2 Å². The van der Waals surface area contributed by atoms with Crippen molar-refractivity contribution in [2.75, 3.05) is 36.4 Å². The quantitative estimate of drug-likeness (QED) is 0.231. The van der Waals surface area contributed by atoms with Crippen LogP contribution in [0.1, 0.15) is 11.3 Å². The van der Waals surface area contributed by atoms with Crippen molar-refractivity contribution in [1.29, 1.82) is 0 Å². The van der Waals surface area contributed by atoms with Gasteiger partial charge in [-0.2, -0.15) is 0 Å². The second-order valence-electron chi connectivity index (χ2n) is 9.03. The molecule has 0 unspecified atom stereocenters. The van der Waals surface area contributed by atoms with Crippen LogP contribution >= 0.6 is 34.8 Å². The van der Waals surface area contributed by atoms with E-state index in [4.69, 9.17) is 39.2 Å². The molecule has 0 saturated carbocycles. The average Bonchev–Trinajstić information content (AvgIpc) is 3.39. The molecule has 8 heteroatoms. The van der Waals surface area contributed by atoms with Gasteiger partial charge in [0.05, 0.1) is 15.7 Å². The number of anilines is 2. The molecule has 1 aromatic heterocycles. The van der Waals surface area contributed by atoms with Crippen molar-refractivity contribution in [3.8, 4) is 11.3 Å². The van der Waals surface area contributed by atoms with Gasteiger partial charge in [0, 0.05) is 55.1 Å². The van der Waals surface area contributed by atoms with Crippen molar-refractivity contribution in [2.45, 2.75) is 6.54 Å². The summed E-state index contributed by atoms with van der Waals surface area (Å²) in [4.78, 5) is 17.2. The smallest absolute Gasteiger partial charge is 0.248 e. The Bertz CT molecular complexity index is 1460. The molecule has 0 atom stereocenters. The highest BCUT2D eigenvalue weighted by Gasteiger charge is 2.20. The third kappa shape index (κ3) is 6.43. The number of amides is 1. The Morgan fingerprint density at radius 2 is 1.58 bits per heavy atom. The molecule has 1 N–H and O–H groups in total. The SMILES string of the molecule is O=C(/C=C/c1ccc(-c2ccccc2Cl)o1)Nc1ccc(N2CCN(Cc3ccccc3Cl)CC2)c(Cl)c1. The second kappa shape index (κ2) is 12.1. The molecular weight excluding hydrogens is 541 g/mol. The summed E-state index contributed by atoms with van der Waals surface area (Å²) in [5, 5.41) is 4.87. The van der Waals surface area contributed by atoms with Crippen LogP contribution in [0.5, 0.6) is 0 Å². The zero-order chi connectivity index (χ0) is 26.5. The van der Waals surface area contributed by atoms with Crippen molar-refractivity contribution >= 4 is 58.2 Å². The van der Waals surface area contributed by atoms with Gasteiger partial charge in [-0.15, -0.1) is 0 Å². The summed E-state index contributed by atoms with van der Waals surface area (Å²) in [6.07, 6.45) is 3.04. The molecule has 3 aromatic carbocycles. The summed E-state index contributed by atoms with van der Waals surface area (Å²) >= 11 is 19.2. The lowest BCUT2D eigenvalue weighted by Gasteiger charge is -2.36. The number of furan rings is 1. The minimum atomic E-state index is -0.280. The van der Waals surface area contributed by atoms with E-state index in [1.165, 1.54) is 6.08 Å². The van der Waals surface area contributed by atoms with Crippen LogP contribution in [0.3, 0.4) is 0 Å². The van der Waals surface area contributed by atoms with Gasteiger partial charge < -0.3 is 14.6 Å². The number of rotatable bonds is 7. The summed E-state index contributed by atoms with van der Waals surface area (Å²) in [6, 6.07) is 24.6. The summed E-state index contributed by atoms with van der Waals surface area (Å²) in [6.45, 7) is 4.38. The fourth-order valence-electron chi connectivity index (χ4n) is 4.45. The van der Waals surface area contributed by atoms with Gasteiger partial charge in [0.15, 0.2) is 0 Å². The molecule has 38 heavy (non-hydrogen) atoms. The Morgan fingerprint density at radius 3 is 2.32 bits per heavy atom. The van der Waals surface area contributed by atoms with Gasteiger partial charge >= 0.3 is 0 Å². The van der Waals surface area contributed by atoms with Crippen LogP contribution in [0.15, 0.2) is 89.4 Å². The van der Waals surface area contributed by atoms with Crippen molar-refractivity contribution in [1.82, 2.24) is 4.90 Å². The molecular formula is C30H26Cl3N3O2. The number of hydrogen-bond donors (Lipinski definition) is 1. The average molecular weight is 567 g/mol. The first kappa shape index (κ1) is 26.4. The molecule has 0 radical (unpaired) electrons. The van der Waals surface area contributed by atoms with E-state index < -0.39 is 0 Å². The first-order valence-corrected chi connectivity index (χ1v) is 13.4. The Kier molecular flexibility index (Phi) is 8.40. The van der Waals surface area contributed by atoms with Gasteiger partial charge in [-0.3, -0.25) is 9.69 Å². The van der Waals surface area contributed by atoms with E-state index in [9.17, 15) is 4.79 Å². The van der Waals surface area contributed by atoms with E-state index in [0.29, 0.717) is 27.3 Å². The largest absolute Gasteiger partial charge is 0.457 e. The van der Waals surface area contributed by atoms with E-state index >= 15 is 0 Å². The highest BCUT2D eigenvalue weighted by Crippen LogP contribution is 2.31. The topological polar surface area (TPSA) is 48.7 Å². The lowest BCUT2D eigenvalue weighted by molar-refractivity contribution is -0.111. The van der Waals surface area contributed by atoms with Crippen molar-refractivity contribution in [3.05, 3.63) is 111 Å². The van der Waals surface area contributed by atoms with Gasteiger partial charge in [-0.05, 0) is 60.2 Å². The fraction of sp³-hybridized carbons (Fsp3) is 0.167. The van der Waals surface area contributed by atoms with Gasteiger partial charge in [0.25, 0.3) is 0 Å². The van der Waals surface area contributed by atoms with E-state index in [0.717, 1.165) is 54.6 Å². The van der Waals surface area contributed by atoms with Crippen LogP contribution in [0.25, 0.3) is 17.4 Å². The molecule has 1 fully saturated rings. The molecule has 1 saturated heterocycles. The number of nitrogens with one attached hydrogen (secondary N) is 1. The first-order chi connectivity index (χ1) is 18.5. The molecule has 0 aliphatic carbocycles. The van der Waals surface area contributed by atoms with E-state index in [2.05, 4.69) is 21.2 Å². The number of halogens is 3. The molecule has 5 nitrogen and oxygen atoms in total. The summed E-state index contributed by atoms with van der Waals surface area (Å²) in [5.74, 6) is 0.914. The van der Waals surface area contributed by atoms with Crippen LogP contribution in [0, 0.1) is 0 Å². The van der Waals surface area contributed by atoms with Crippen LogP contribution in [0.2, 0.25) is 15.1 Å². The minimum Gasteiger partial charge on any atom is -0.457 e. The molecule has 0 bridgehead atoms. The molecule has 4 aromatic rings. The third-order valence-corrected chi connectivity index (χ3v) is 7.45. The molecule has 0 spiro atoms. The fourth-order valence-corrected chi connectivity index (χ4v) is 5.17. The number of benzene rings is 3. The standard InChI is InChI=1S/C30H26Cl3N3O2/c31-25-7-3-1-5-21(25)20-35-15-17-36(18-16-35)28-12-9-22(19-27(28)33)34-30(37)14-11-23-10-13-29(38-23)24-6-2-4-8-26(24)32/h1-14,19H,15-18,20H2,(H,34,37)/b14-11+. The van der Waals surface area contributed by atoms with Crippen molar-refractivity contribution < 1.29 is 9.21 Å². The summed E-state index contributed by atoms with van der Waals surface area (Å²) < 4.78 is 5.81.